The molecule has 0 heterocycles. The van der Waals surface area contributed by atoms with Gasteiger partial charge in [0, 0.05) is 12.8 Å². The van der Waals surface area contributed by atoms with Gasteiger partial charge in [0.05, 0.1) is 6.04 Å². The molecule has 0 spiro atoms. The van der Waals surface area contributed by atoms with E-state index < -0.39 is 72.7 Å². The Labute approximate surface area is 231 Å². The Morgan fingerprint density at radius 2 is 1.32 bits per heavy atom. The predicted molar refractivity (Wildman–Crippen MR) is 142 cm³/mol. The maximum Gasteiger partial charge on any atom is 0.322 e. The number of carboxylic acid groups (broad SMARTS) is 2. The van der Waals surface area contributed by atoms with Crippen molar-refractivity contribution in [3.05, 3.63) is 29.8 Å². The lowest BCUT2D eigenvalue weighted by atomic mass is 10.0. The maximum atomic E-state index is 13.3. The van der Waals surface area contributed by atoms with E-state index in [1.165, 1.54) is 31.2 Å². The standard InChI is InChI=1S/C25H38N6O9/c1-14(27)22(37)29-17(4-2-3-11-26)24(39)31-19(12-15-5-7-16(32)8-6-15)25(40)30-18(9-10-20(33)34)23(38)28-13-21(35)36/h5-8,14,17-19,32H,2-4,9-13,26-27H2,1H3,(H,28,38)(H,29,37)(H,30,40)(H,31,39)(H,33,34)(H,35,36). The van der Waals surface area contributed by atoms with Gasteiger partial charge in [-0.25, -0.2) is 0 Å². The van der Waals surface area contributed by atoms with E-state index in [2.05, 4.69) is 21.3 Å². The SMILES string of the molecule is CC(N)C(=O)NC(CCCCN)C(=O)NC(Cc1ccc(O)cc1)C(=O)NC(CCC(=O)O)C(=O)NCC(=O)O. The summed E-state index contributed by atoms with van der Waals surface area (Å²) in [4.78, 5) is 73.2. The van der Waals surface area contributed by atoms with E-state index in [0.717, 1.165) is 0 Å². The van der Waals surface area contributed by atoms with Crippen molar-refractivity contribution in [1.82, 2.24) is 21.3 Å². The fourth-order valence-electron chi connectivity index (χ4n) is 3.51. The molecule has 11 N–H and O–H groups in total. The molecule has 4 unspecified atom stereocenters. The number of nitrogens with two attached hydrogens (primary N) is 2. The number of hydrogen-bond acceptors (Lipinski definition) is 9. The van der Waals surface area contributed by atoms with Crippen LogP contribution in [0.5, 0.6) is 5.75 Å². The Bertz CT molecular complexity index is 1030. The highest BCUT2D eigenvalue weighted by Crippen LogP contribution is 2.12. The van der Waals surface area contributed by atoms with Crippen LogP contribution in [0.4, 0.5) is 0 Å². The first kappa shape index (κ1) is 33.8. The average molecular weight is 567 g/mol. The smallest absolute Gasteiger partial charge is 0.322 e. The monoisotopic (exact) mass is 566 g/mol. The molecule has 1 aromatic carbocycles. The van der Waals surface area contributed by atoms with Crippen LogP contribution < -0.4 is 32.7 Å². The second-order valence-electron chi connectivity index (χ2n) is 9.17. The molecule has 0 radical (unpaired) electrons. The molecule has 15 heteroatoms. The van der Waals surface area contributed by atoms with Crippen LogP contribution >= 0.6 is 0 Å². The van der Waals surface area contributed by atoms with E-state index in [0.29, 0.717) is 24.9 Å². The largest absolute Gasteiger partial charge is 0.508 e. The van der Waals surface area contributed by atoms with Crippen LogP contribution in [0, 0.1) is 0 Å². The van der Waals surface area contributed by atoms with Gasteiger partial charge in [0.25, 0.3) is 0 Å². The van der Waals surface area contributed by atoms with Gasteiger partial charge in [-0.2, -0.15) is 0 Å². The van der Waals surface area contributed by atoms with Gasteiger partial charge in [-0.15, -0.1) is 0 Å². The van der Waals surface area contributed by atoms with Crippen molar-refractivity contribution in [3.63, 3.8) is 0 Å². The quantitative estimate of drug-likeness (QED) is 0.0871. The Balaban J connectivity index is 3.22. The van der Waals surface area contributed by atoms with Gasteiger partial charge in [-0.3, -0.25) is 28.8 Å². The van der Waals surface area contributed by atoms with Crippen molar-refractivity contribution >= 4 is 35.6 Å². The normalized spacial score (nSPS) is 13.7. The molecular weight excluding hydrogens is 528 g/mol. The minimum atomic E-state index is -1.42. The fourth-order valence-corrected chi connectivity index (χ4v) is 3.51. The molecule has 0 saturated carbocycles. The Morgan fingerprint density at radius 1 is 0.775 bits per heavy atom. The highest BCUT2D eigenvalue weighted by molar-refractivity contribution is 5.95. The highest BCUT2D eigenvalue weighted by atomic mass is 16.4. The van der Waals surface area contributed by atoms with Gasteiger partial charge in [-0.1, -0.05) is 12.1 Å². The molecule has 222 valence electrons. The molecule has 4 atom stereocenters. The Hall–Kier alpha value is -4.24. The molecule has 0 fully saturated rings. The number of aromatic hydroxyl groups is 1. The number of phenolic OH excluding ortho intramolecular Hbond substituents is 1. The van der Waals surface area contributed by atoms with Crippen LogP contribution in [0.1, 0.15) is 44.6 Å². The third kappa shape index (κ3) is 13.0. The van der Waals surface area contributed by atoms with E-state index in [9.17, 15) is 33.9 Å². The number of carboxylic acids is 2. The molecule has 40 heavy (non-hydrogen) atoms. The van der Waals surface area contributed by atoms with E-state index in [1.54, 1.807) is 0 Å². The zero-order valence-electron chi connectivity index (χ0n) is 22.2. The topological polar surface area (TPSA) is 263 Å². The van der Waals surface area contributed by atoms with Crippen molar-refractivity contribution in [3.8, 4) is 5.75 Å². The molecule has 0 aliphatic rings. The number of amides is 4. The number of phenols is 1. The number of rotatable bonds is 18. The number of unbranched alkanes of at least 4 members (excludes halogenated alkanes) is 1. The molecular formula is C25H38N6O9. The van der Waals surface area contributed by atoms with E-state index in [1.807, 2.05) is 0 Å². The van der Waals surface area contributed by atoms with Crippen LogP contribution in [0.3, 0.4) is 0 Å². The lowest BCUT2D eigenvalue weighted by molar-refractivity contribution is -0.140. The zero-order chi connectivity index (χ0) is 30.2. The summed E-state index contributed by atoms with van der Waals surface area (Å²) in [5.74, 6) is -5.69. The van der Waals surface area contributed by atoms with Crippen LogP contribution in [0.2, 0.25) is 0 Å². The lowest BCUT2D eigenvalue weighted by Crippen LogP contribution is -2.58. The van der Waals surface area contributed by atoms with Crippen molar-refractivity contribution in [2.24, 2.45) is 11.5 Å². The van der Waals surface area contributed by atoms with Crippen LogP contribution in [-0.4, -0.2) is 88.1 Å². The van der Waals surface area contributed by atoms with Gasteiger partial charge < -0.3 is 48.1 Å². The third-order valence-corrected chi connectivity index (χ3v) is 5.70. The van der Waals surface area contributed by atoms with Crippen molar-refractivity contribution in [1.29, 1.82) is 0 Å². The zero-order valence-corrected chi connectivity index (χ0v) is 22.2. The molecule has 0 bridgehead atoms. The summed E-state index contributed by atoms with van der Waals surface area (Å²) in [6.45, 7) is 1.05. The number of aliphatic carboxylic acids is 2. The summed E-state index contributed by atoms with van der Waals surface area (Å²) in [6.07, 6.45) is 0.312. The summed E-state index contributed by atoms with van der Waals surface area (Å²) >= 11 is 0. The predicted octanol–water partition coefficient (Wildman–Crippen LogP) is -2.07. The molecule has 4 amide bonds. The molecule has 0 aromatic heterocycles. The molecule has 0 saturated heterocycles. The lowest BCUT2D eigenvalue weighted by Gasteiger charge is -2.26. The first-order valence-electron chi connectivity index (χ1n) is 12.7. The Morgan fingerprint density at radius 3 is 1.88 bits per heavy atom. The minimum Gasteiger partial charge on any atom is -0.508 e. The van der Waals surface area contributed by atoms with Gasteiger partial charge in [0.2, 0.25) is 23.6 Å². The number of carbonyl (C=O) groups is 6. The van der Waals surface area contributed by atoms with Crippen LogP contribution in [-0.2, 0) is 35.2 Å². The van der Waals surface area contributed by atoms with Gasteiger partial charge >= 0.3 is 11.9 Å². The fraction of sp³-hybridized carbons (Fsp3) is 0.520. The number of nitrogens with one attached hydrogen (secondary N) is 4. The number of carbonyl (C=O) groups excluding carboxylic acids is 4. The summed E-state index contributed by atoms with van der Waals surface area (Å²) in [5.41, 5.74) is 11.7. The second-order valence-corrected chi connectivity index (χ2v) is 9.17. The number of hydrogen-bond donors (Lipinski definition) is 9. The third-order valence-electron chi connectivity index (χ3n) is 5.70. The van der Waals surface area contributed by atoms with Crippen molar-refractivity contribution in [2.75, 3.05) is 13.1 Å². The van der Waals surface area contributed by atoms with Gasteiger partial charge in [0.15, 0.2) is 0 Å². The van der Waals surface area contributed by atoms with Crippen molar-refractivity contribution in [2.45, 2.75) is 69.6 Å². The molecule has 0 aliphatic heterocycles. The molecule has 15 nitrogen and oxygen atoms in total. The highest BCUT2D eigenvalue weighted by Gasteiger charge is 2.30. The first-order valence-corrected chi connectivity index (χ1v) is 12.7. The van der Waals surface area contributed by atoms with E-state index in [4.69, 9.17) is 21.7 Å². The van der Waals surface area contributed by atoms with Gasteiger partial charge in [-0.05, 0) is 56.8 Å². The maximum absolute atomic E-state index is 13.3. The summed E-state index contributed by atoms with van der Waals surface area (Å²) in [5, 5.41) is 37.0. The molecule has 0 aliphatic carbocycles. The van der Waals surface area contributed by atoms with Crippen molar-refractivity contribution < 1.29 is 44.1 Å². The molecule has 1 aromatic rings. The first-order chi connectivity index (χ1) is 18.8. The summed E-state index contributed by atoms with van der Waals surface area (Å²) in [7, 11) is 0. The Kier molecular flexibility index (Phi) is 14.7. The average Bonchev–Trinajstić information content (AvgIpc) is 2.89. The second kappa shape index (κ2) is 17.4. The van der Waals surface area contributed by atoms with Gasteiger partial charge in [0.1, 0.15) is 30.4 Å². The van der Waals surface area contributed by atoms with Crippen LogP contribution in [0.25, 0.3) is 0 Å². The van der Waals surface area contributed by atoms with E-state index in [-0.39, 0.29) is 25.0 Å². The molecule has 1 rings (SSSR count). The summed E-state index contributed by atoms with van der Waals surface area (Å²) in [6, 6.07) is 1.10. The summed E-state index contributed by atoms with van der Waals surface area (Å²) < 4.78 is 0. The van der Waals surface area contributed by atoms with Crippen LogP contribution in [0.15, 0.2) is 24.3 Å². The minimum absolute atomic E-state index is 0.0313. The number of benzene rings is 1. The van der Waals surface area contributed by atoms with E-state index >= 15 is 0 Å².